The number of nitrogens with zero attached hydrogens (tertiary/aromatic N) is 1. The number of halogens is 1. The SMILES string of the molecule is CC(C)C[C@H](NC(=O)c1ccc(C2CCNCC2)cc1)C(=O)N1C[C@H](F)[C@H]2OCC(=O)[C@H]21. The second-order valence-electron chi connectivity index (χ2n) is 9.50. The fraction of sp³-hybridized carbons (Fsp3) is 0.625. The summed E-state index contributed by atoms with van der Waals surface area (Å²) in [6.07, 6.45) is 0.258. The van der Waals surface area contributed by atoms with Gasteiger partial charge in [-0.1, -0.05) is 26.0 Å². The molecule has 3 heterocycles. The number of amides is 2. The summed E-state index contributed by atoms with van der Waals surface area (Å²) in [5, 5.41) is 6.19. The third kappa shape index (κ3) is 4.71. The zero-order valence-electron chi connectivity index (χ0n) is 18.7. The number of carbonyl (C=O) groups excluding carboxylic acids is 3. The molecule has 0 aromatic heterocycles. The average Bonchev–Trinajstić information content (AvgIpc) is 3.33. The Kier molecular flexibility index (Phi) is 6.90. The molecule has 0 unspecified atom stereocenters. The molecule has 2 N–H and O–H groups in total. The highest BCUT2D eigenvalue weighted by Crippen LogP contribution is 2.30. The highest BCUT2D eigenvalue weighted by atomic mass is 19.1. The van der Waals surface area contributed by atoms with Crippen LogP contribution in [0.1, 0.15) is 54.9 Å². The van der Waals surface area contributed by atoms with Crippen molar-refractivity contribution in [1.82, 2.24) is 15.5 Å². The molecule has 1 aromatic rings. The van der Waals surface area contributed by atoms with Gasteiger partial charge in [0, 0.05) is 5.56 Å². The highest BCUT2D eigenvalue weighted by Gasteiger charge is 2.53. The van der Waals surface area contributed by atoms with Crippen LogP contribution in [0.2, 0.25) is 0 Å². The number of hydrogen-bond donors (Lipinski definition) is 2. The Bertz CT molecular complexity index is 853. The summed E-state index contributed by atoms with van der Waals surface area (Å²) in [4.78, 5) is 39.7. The number of nitrogens with one attached hydrogen (secondary N) is 2. The zero-order valence-corrected chi connectivity index (χ0v) is 18.7. The summed E-state index contributed by atoms with van der Waals surface area (Å²) in [5.74, 6) is -0.436. The molecular weight excluding hydrogens is 413 g/mol. The minimum Gasteiger partial charge on any atom is -0.365 e. The molecule has 3 aliphatic heterocycles. The molecular formula is C24H32FN3O4. The Hall–Kier alpha value is -2.32. The Morgan fingerprint density at radius 2 is 1.91 bits per heavy atom. The predicted octanol–water partition coefficient (Wildman–Crippen LogP) is 1.81. The maximum Gasteiger partial charge on any atom is 0.251 e. The number of ether oxygens (including phenoxy) is 1. The third-order valence-corrected chi connectivity index (χ3v) is 6.70. The van der Waals surface area contributed by atoms with Crippen LogP contribution in [0.15, 0.2) is 24.3 Å². The fourth-order valence-corrected chi connectivity index (χ4v) is 5.02. The van der Waals surface area contributed by atoms with Gasteiger partial charge in [-0.25, -0.2) is 4.39 Å². The number of ketones is 1. The topological polar surface area (TPSA) is 87.7 Å². The molecule has 174 valence electrons. The monoisotopic (exact) mass is 445 g/mol. The van der Waals surface area contributed by atoms with E-state index in [1.807, 2.05) is 26.0 Å². The lowest BCUT2D eigenvalue weighted by Gasteiger charge is -2.28. The van der Waals surface area contributed by atoms with Gasteiger partial charge in [0.05, 0.1) is 6.54 Å². The van der Waals surface area contributed by atoms with E-state index in [2.05, 4.69) is 10.6 Å². The van der Waals surface area contributed by atoms with Crippen LogP contribution in [0.25, 0.3) is 0 Å². The number of Topliss-reactive ketones (excluding diaryl/α,β-unsaturated/α-hetero) is 1. The van der Waals surface area contributed by atoms with Gasteiger partial charge in [0.25, 0.3) is 5.91 Å². The largest absolute Gasteiger partial charge is 0.365 e. The van der Waals surface area contributed by atoms with Crippen LogP contribution in [-0.4, -0.2) is 73.1 Å². The van der Waals surface area contributed by atoms with Crippen molar-refractivity contribution in [1.29, 1.82) is 0 Å². The first-order valence-corrected chi connectivity index (χ1v) is 11.6. The van der Waals surface area contributed by atoms with E-state index in [1.54, 1.807) is 12.1 Å². The van der Waals surface area contributed by atoms with E-state index in [-0.39, 0.29) is 30.8 Å². The maximum atomic E-state index is 14.3. The van der Waals surface area contributed by atoms with Gasteiger partial charge in [0.1, 0.15) is 31.0 Å². The van der Waals surface area contributed by atoms with Crippen molar-refractivity contribution < 1.29 is 23.5 Å². The number of piperidine rings is 1. The first kappa shape index (κ1) is 22.9. The Labute approximate surface area is 188 Å². The second kappa shape index (κ2) is 9.67. The molecule has 0 bridgehead atoms. The van der Waals surface area contributed by atoms with Gasteiger partial charge in [-0.3, -0.25) is 14.4 Å². The summed E-state index contributed by atoms with van der Waals surface area (Å²) >= 11 is 0. The van der Waals surface area contributed by atoms with Gasteiger partial charge in [0.2, 0.25) is 5.91 Å². The summed E-state index contributed by atoms with van der Waals surface area (Å²) in [7, 11) is 0. The van der Waals surface area contributed by atoms with Gasteiger partial charge in [-0.05, 0) is 61.9 Å². The van der Waals surface area contributed by atoms with Gasteiger partial charge in [-0.15, -0.1) is 0 Å². The predicted molar refractivity (Wildman–Crippen MR) is 117 cm³/mol. The lowest BCUT2D eigenvalue weighted by atomic mass is 9.90. The first-order valence-electron chi connectivity index (χ1n) is 11.6. The van der Waals surface area contributed by atoms with Crippen molar-refractivity contribution in [2.24, 2.45) is 5.92 Å². The summed E-state index contributed by atoms with van der Waals surface area (Å²) < 4.78 is 19.6. The number of carbonyl (C=O) groups is 3. The van der Waals surface area contributed by atoms with E-state index in [9.17, 15) is 18.8 Å². The van der Waals surface area contributed by atoms with Gasteiger partial charge in [-0.2, -0.15) is 0 Å². The van der Waals surface area contributed by atoms with Crippen molar-refractivity contribution >= 4 is 17.6 Å². The number of fused-ring (bicyclic) bond motifs is 1. The highest BCUT2D eigenvalue weighted by molar-refractivity contribution is 5.99. The fourth-order valence-electron chi connectivity index (χ4n) is 5.02. The summed E-state index contributed by atoms with van der Waals surface area (Å²) in [6.45, 7) is 5.54. The van der Waals surface area contributed by atoms with Crippen LogP contribution in [0, 0.1) is 5.92 Å². The van der Waals surface area contributed by atoms with Crippen molar-refractivity contribution in [3.63, 3.8) is 0 Å². The summed E-state index contributed by atoms with van der Waals surface area (Å²) in [5.41, 5.74) is 1.70. The normalized spacial score (nSPS) is 26.9. The van der Waals surface area contributed by atoms with E-state index >= 15 is 0 Å². The Morgan fingerprint density at radius 1 is 1.22 bits per heavy atom. The number of benzene rings is 1. The lowest BCUT2D eigenvalue weighted by molar-refractivity contribution is -0.138. The molecule has 2 amide bonds. The molecule has 8 heteroatoms. The Morgan fingerprint density at radius 3 is 2.56 bits per heavy atom. The third-order valence-electron chi connectivity index (χ3n) is 6.70. The number of alkyl halides is 1. The van der Waals surface area contributed by atoms with E-state index in [0.717, 1.165) is 25.9 Å². The number of rotatable bonds is 6. The standard InChI is InChI=1S/C24H32FN3O4/c1-14(2)11-19(24(31)28-12-18(25)22-21(28)20(29)13-32-22)27-23(30)17-5-3-15(4-6-17)16-7-9-26-10-8-16/h3-6,14,16,18-19,21-22,26H,7-13H2,1-2H3,(H,27,30)/t18-,19-,21+,22+/m0/s1. The van der Waals surface area contributed by atoms with Crippen LogP contribution >= 0.6 is 0 Å². The van der Waals surface area contributed by atoms with Gasteiger partial charge >= 0.3 is 0 Å². The van der Waals surface area contributed by atoms with E-state index in [1.165, 1.54) is 10.5 Å². The molecule has 3 saturated heterocycles. The smallest absolute Gasteiger partial charge is 0.251 e. The van der Waals surface area contributed by atoms with E-state index in [4.69, 9.17) is 4.74 Å². The van der Waals surface area contributed by atoms with Crippen LogP contribution in [0.4, 0.5) is 4.39 Å². The molecule has 0 aliphatic carbocycles. The van der Waals surface area contributed by atoms with Crippen molar-refractivity contribution in [2.45, 2.75) is 63.4 Å². The summed E-state index contributed by atoms with van der Waals surface area (Å²) in [6, 6.07) is 5.83. The van der Waals surface area contributed by atoms with Crippen LogP contribution in [-0.2, 0) is 14.3 Å². The average molecular weight is 446 g/mol. The van der Waals surface area contributed by atoms with Crippen molar-refractivity contribution in [3.05, 3.63) is 35.4 Å². The van der Waals surface area contributed by atoms with E-state index < -0.39 is 30.3 Å². The molecule has 1 aromatic carbocycles. The number of likely N-dealkylation sites (tertiary alicyclic amines) is 1. The van der Waals surface area contributed by atoms with Crippen LogP contribution < -0.4 is 10.6 Å². The molecule has 4 atom stereocenters. The minimum absolute atomic E-state index is 0.127. The van der Waals surface area contributed by atoms with Crippen LogP contribution in [0.3, 0.4) is 0 Å². The van der Waals surface area contributed by atoms with E-state index in [0.29, 0.717) is 17.9 Å². The molecule has 3 fully saturated rings. The number of hydrogen-bond acceptors (Lipinski definition) is 5. The second-order valence-corrected chi connectivity index (χ2v) is 9.50. The zero-order chi connectivity index (χ0) is 22.8. The van der Waals surface area contributed by atoms with Crippen molar-refractivity contribution in [2.75, 3.05) is 26.2 Å². The molecule has 0 saturated carbocycles. The molecule has 7 nitrogen and oxygen atoms in total. The molecule has 0 spiro atoms. The van der Waals surface area contributed by atoms with Crippen LogP contribution in [0.5, 0.6) is 0 Å². The molecule has 32 heavy (non-hydrogen) atoms. The van der Waals surface area contributed by atoms with Gasteiger partial charge < -0.3 is 20.3 Å². The molecule has 4 rings (SSSR count). The van der Waals surface area contributed by atoms with Gasteiger partial charge in [0.15, 0.2) is 5.78 Å². The molecule has 0 radical (unpaired) electrons. The first-order chi connectivity index (χ1) is 15.3. The van der Waals surface area contributed by atoms with Crippen molar-refractivity contribution in [3.8, 4) is 0 Å². The lowest BCUT2D eigenvalue weighted by Crippen LogP contribution is -2.52. The Balaban J connectivity index is 1.45. The quantitative estimate of drug-likeness (QED) is 0.698. The molecule has 3 aliphatic rings. The maximum absolute atomic E-state index is 14.3. The minimum atomic E-state index is -1.40.